The molecule has 0 bridgehead atoms. The van der Waals surface area contributed by atoms with Crippen molar-refractivity contribution in [1.29, 1.82) is 0 Å². The molecule has 26 heavy (non-hydrogen) atoms. The zero-order valence-electron chi connectivity index (χ0n) is 15.1. The summed E-state index contributed by atoms with van der Waals surface area (Å²) in [5.74, 6) is -0.239. The van der Waals surface area contributed by atoms with Crippen molar-refractivity contribution in [2.24, 2.45) is 0 Å². The lowest BCUT2D eigenvalue weighted by Crippen LogP contribution is -2.33. The van der Waals surface area contributed by atoms with Crippen LogP contribution in [0.4, 0.5) is 5.69 Å². The first-order chi connectivity index (χ1) is 12.5. The van der Waals surface area contributed by atoms with Gasteiger partial charge in [-0.25, -0.2) is 4.79 Å². The fraction of sp³-hybridized carbons (Fsp3) is 0.273. The fourth-order valence-corrected chi connectivity index (χ4v) is 3.01. The van der Waals surface area contributed by atoms with Crippen molar-refractivity contribution in [3.8, 4) is 0 Å². The average Bonchev–Trinajstić information content (AvgIpc) is 3.09. The molecule has 1 heterocycles. The normalized spacial score (nSPS) is 13.3. The summed E-state index contributed by atoms with van der Waals surface area (Å²) >= 11 is 0. The number of hydrogen-bond donors (Lipinski definition) is 0. The van der Waals surface area contributed by atoms with Crippen LogP contribution in [0.25, 0.3) is 6.08 Å². The number of esters is 1. The van der Waals surface area contributed by atoms with Gasteiger partial charge in [0, 0.05) is 18.3 Å². The number of fused-ring (bicyclic) bond motifs is 1. The second kappa shape index (κ2) is 8.00. The Balaban J connectivity index is 1.52. The van der Waals surface area contributed by atoms with Crippen molar-refractivity contribution in [2.45, 2.75) is 26.2 Å². The Morgan fingerprint density at radius 2 is 1.85 bits per heavy atom. The smallest absolute Gasteiger partial charge is 0.331 e. The highest BCUT2D eigenvalue weighted by Crippen LogP contribution is 2.27. The summed E-state index contributed by atoms with van der Waals surface area (Å²) in [6, 6.07) is 15.8. The molecule has 134 valence electrons. The second-order valence-corrected chi connectivity index (χ2v) is 6.69. The summed E-state index contributed by atoms with van der Waals surface area (Å²) in [5.41, 5.74) is 4.23. The molecule has 0 spiro atoms. The summed E-state index contributed by atoms with van der Waals surface area (Å²) < 4.78 is 5.10. The maximum atomic E-state index is 12.3. The van der Waals surface area contributed by atoms with Crippen molar-refractivity contribution >= 4 is 23.6 Å². The molecule has 0 fully saturated rings. The van der Waals surface area contributed by atoms with E-state index in [2.05, 4.69) is 13.8 Å². The number of carbonyl (C=O) groups excluding carboxylic acids is 2. The van der Waals surface area contributed by atoms with E-state index in [9.17, 15) is 9.59 Å². The van der Waals surface area contributed by atoms with Crippen LogP contribution in [-0.4, -0.2) is 25.0 Å². The zero-order valence-corrected chi connectivity index (χ0v) is 15.1. The minimum absolute atomic E-state index is 0.196. The summed E-state index contributed by atoms with van der Waals surface area (Å²) in [5, 5.41) is 0. The van der Waals surface area contributed by atoms with Crippen LogP contribution >= 0.6 is 0 Å². The van der Waals surface area contributed by atoms with Gasteiger partial charge in [-0.3, -0.25) is 4.79 Å². The molecule has 2 aromatic carbocycles. The van der Waals surface area contributed by atoms with E-state index in [1.54, 1.807) is 11.0 Å². The van der Waals surface area contributed by atoms with Gasteiger partial charge in [0.2, 0.25) is 0 Å². The SMILES string of the molecule is CC(C)c1ccc(/C=C/C(=O)OCC(=O)N2CCc3ccccc32)cc1. The highest BCUT2D eigenvalue weighted by atomic mass is 16.5. The molecule has 1 aliphatic rings. The van der Waals surface area contributed by atoms with E-state index >= 15 is 0 Å². The highest BCUT2D eigenvalue weighted by molar-refractivity contribution is 5.98. The number of rotatable bonds is 5. The number of para-hydroxylation sites is 1. The first-order valence-corrected chi connectivity index (χ1v) is 8.87. The standard InChI is InChI=1S/C22H23NO3/c1-16(2)18-10-7-17(8-11-18)9-12-22(25)26-15-21(24)23-14-13-19-5-3-4-6-20(19)23/h3-12,16H,13-15H2,1-2H3/b12-9+. The number of carbonyl (C=O) groups is 2. The summed E-state index contributed by atoms with van der Waals surface area (Å²) in [6.07, 6.45) is 3.89. The van der Waals surface area contributed by atoms with Crippen LogP contribution in [0.2, 0.25) is 0 Å². The van der Waals surface area contributed by atoms with Crippen LogP contribution in [-0.2, 0) is 20.7 Å². The molecule has 0 saturated heterocycles. The Morgan fingerprint density at radius 1 is 1.12 bits per heavy atom. The van der Waals surface area contributed by atoms with Crippen LogP contribution in [0.1, 0.15) is 36.5 Å². The minimum atomic E-state index is -0.515. The van der Waals surface area contributed by atoms with Crippen LogP contribution < -0.4 is 4.90 Å². The minimum Gasteiger partial charge on any atom is -0.452 e. The van der Waals surface area contributed by atoms with Gasteiger partial charge in [-0.15, -0.1) is 0 Å². The Bertz CT molecular complexity index is 822. The molecule has 0 atom stereocenters. The third-order valence-corrected chi connectivity index (χ3v) is 4.54. The predicted molar refractivity (Wildman–Crippen MR) is 103 cm³/mol. The zero-order chi connectivity index (χ0) is 18.5. The van der Waals surface area contributed by atoms with Crippen LogP contribution in [0.5, 0.6) is 0 Å². The molecule has 0 unspecified atom stereocenters. The maximum absolute atomic E-state index is 12.3. The largest absolute Gasteiger partial charge is 0.452 e. The van der Waals surface area contributed by atoms with Crippen molar-refractivity contribution in [3.05, 3.63) is 71.3 Å². The Hall–Kier alpha value is -2.88. The molecule has 0 aromatic heterocycles. The van der Waals surface area contributed by atoms with E-state index in [0.29, 0.717) is 12.5 Å². The van der Waals surface area contributed by atoms with E-state index in [1.165, 1.54) is 11.6 Å². The van der Waals surface area contributed by atoms with Crippen molar-refractivity contribution in [2.75, 3.05) is 18.1 Å². The van der Waals surface area contributed by atoms with Crippen molar-refractivity contribution < 1.29 is 14.3 Å². The van der Waals surface area contributed by atoms with E-state index in [-0.39, 0.29) is 12.5 Å². The van der Waals surface area contributed by atoms with E-state index in [0.717, 1.165) is 23.2 Å². The van der Waals surface area contributed by atoms with Crippen LogP contribution in [0.15, 0.2) is 54.6 Å². The van der Waals surface area contributed by atoms with Crippen LogP contribution in [0.3, 0.4) is 0 Å². The number of nitrogens with zero attached hydrogens (tertiary/aromatic N) is 1. The molecule has 4 heteroatoms. The van der Waals surface area contributed by atoms with Crippen molar-refractivity contribution in [3.63, 3.8) is 0 Å². The Kier molecular flexibility index (Phi) is 5.52. The molecule has 3 rings (SSSR count). The Labute approximate surface area is 154 Å². The van der Waals surface area contributed by atoms with Crippen molar-refractivity contribution in [1.82, 2.24) is 0 Å². The Morgan fingerprint density at radius 3 is 2.58 bits per heavy atom. The summed E-state index contributed by atoms with van der Waals surface area (Å²) in [7, 11) is 0. The number of benzene rings is 2. The summed E-state index contributed by atoms with van der Waals surface area (Å²) in [6.45, 7) is 4.66. The number of anilines is 1. The molecule has 4 nitrogen and oxygen atoms in total. The first kappa shape index (κ1) is 17.9. The van der Waals surface area contributed by atoms with Gasteiger partial charge < -0.3 is 9.64 Å². The third-order valence-electron chi connectivity index (χ3n) is 4.54. The molecule has 1 amide bonds. The van der Waals surface area contributed by atoms with E-state index < -0.39 is 5.97 Å². The molecular weight excluding hydrogens is 326 g/mol. The molecule has 1 aliphatic heterocycles. The van der Waals surface area contributed by atoms with Crippen LogP contribution in [0, 0.1) is 0 Å². The topological polar surface area (TPSA) is 46.6 Å². The highest BCUT2D eigenvalue weighted by Gasteiger charge is 2.24. The lowest BCUT2D eigenvalue weighted by molar-refractivity contribution is -0.142. The maximum Gasteiger partial charge on any atom is 0.331 e. The molecule has 0 aliphatic carbocycles. The van der Waals surface area contributed by atoms with Gasteiger partial charge in [0.1, 0.15) is 0 Å². The number of ether oxygens (including phenoxy) is 1. The van der Waals surface area contributed by atoms with E-state index in [4.69, 9.17) is 4.74 Å². The lowest BCUT2D eigenvalue weighted by atomic mass is 10.0. The van der Waals surface area contributed by atoms with E-state index in [1.807, 2.05) is 48.5 Å². The third kappa shape index (κ3) is 4.20. The molecule has 0 N–H and O–H groups in total. The molecule has 2 aromatic rings. The molecule has 0 radical (unpaired) electrons. The average molecular weight is 349 g/mol. The van der Waals surface area contributed by atoms with Gasteiger partial charge in [-0.1, -0.05) is 56.3 Å². The summed E-state index contributed by atoms with van der Waals surface area (Å²) in [4.78, 5) is 25.9. The first-order valence-electron chi connectivity index (χ1n) is 8.87. The van der Waals surface area contributed by atoms with Gasteiger partial charge in [-0.05, 0) is 41.2 Å². The number of hydrogen-bond acceptors (Lipinski definition) is 3. The van der Waals surface area contributed by atoms with Gasteiger partial charge in [-0.2, -0.15) is 0 Å². The second-order valence-electron chi connectivity index (χ2n) is 6.69. The fourth-order valence-electron chi connectivity index (χ4n) is 3.01. The quantitative estimate of drug-likeness (QED) is 0.606. The monoisotopic (exact) mass is 349 g/mol. The number of amides is 1. The molecule has 0 saturated carbocycles. The van der Waals surface area contributed by atoms with Gasteiger partial charge in [0.25, 0.3) is 5.91 Å². The van der Waals surface area contributed by atoms with Gasteiger partial charge in [0.15, 0.2) is 6.61 Å². The predicted octanol–water partition coefficient (Wildman–Crippen LogP) is 3.96. The molecular formula is C22H23NO3. The van der Waals surface area contributed by atoms with Gasteiger partial charge in [0.05, 0.1) is 0 Å². The van der Waals surface area contributed by atoms with Gasteiger partial charge >= 0.3 is 5.97 Å². The lowest BCUT2D eigenvalue weighted by Gasteiger charge is -2.16.